The molecule has 0 spiro atoms. The smallest absolute Gasteiger partial charge is 0.410 e. The minimum Gasteiger partial charge on any atom is -0.410 e. The van der Waals surface area contributed by atoms with Crippen molar-refractivity contribution in [2.24, 2.45) is 0 Å². The van der Waals surface area contributed by atoms with E-state index in [1.54, 1.807) is 38.4 Å². The Kier molecular flexibility index (Phi) is 5.41. The molecular weight excluding hydrogens is 320 g/mol. The van der Waals surface area contributed by atoms with E-state index in [0.29, 0.717) is 11.3 Å². The lowest BCUT2D eigenvalue weighted by Gasteiger charge is -2.18. The van der Waals surface area contributed by atoms with Gasteiger partial charge in [-0.25, -0.2) is 4.79 Å². The van der Waals surface area contributed by atoms with Gasteiger partial charge in [-0.05, 0) is 17.7 Å². The van der Waals surface area contributed by atoms with Crippen LogP contribution in [0, 0.1) is 0 Å². The predicted octanol–water partition coefficient (Wildman–Crippen LogP) is 4.40. The summed E-state index contributed by atoms with van der Waals surface area (Å²) in [6.07, 6.45) is -0.466. The van der Waals surface area contributed by atoms with Gasteiger partial charge in [0.2, 0.25) is 3.79 Å². The van der Waals surface area contributed by atoms with Crippen LogP contribution in [0.25, 0.3) is 0 Å². The zero-order valence-electron chi connectivity index (χ0n) is 9.66. The van der Waals surface area contributed by atoms with Crippen LogP contribution in [0.4, 0.5) is 4.79 Å². The van der Waals surface area contributed by atoms with Crippen LogP contribution in [0.3, 0.4) is 0 Å². The number of hydrogen-bond donors (Lipinski definition) is 0. The lowest BCUT2D eigenvalue weighted by molar-refractivity contribution is 0.172. The molecule has 0 N–H and O–H groups in total. The molecule has 0 heterocycles. The van der Waals surface area contributed by atoms with Crippen molar-refractivity contribution < 1.29 is 9.53 Å². The van der Waals surface area contributed by atoms with Gasteiger partial charge in [-0.3, -0.25) is 0 Å². The highest BCUT2D eigenvalue weighted by Crippen LogP contribution is 2.44. The third kappa shape index (κ3) is 4.39. The number of halogens is 4. The van der Waals surface area contributed by atoms with Crippen LogP contribution in [-0.4, -0.2) is 28.9 Å². The Morgan fingerprint density at radius 3 is 2.11 bits per heavy atom. The molecule has 0 bridgehead atoms. The quantitative estimate of drug-likeness (QED) is 0.752. The zero-order chi connectivity index (χ0) is 13.9. The van der Waals surface area contributed by atoms with Gasteiger partial charge in [-0.2, -0.15) is 0 Å². The number of ether oxygens (including phenoxy) is 1. The van der Waals surface area contributed by atoms with Crippen molar-refractivity contribution in [1.29, 1.82) is 0 Å². The van der Waals surface area contributed by atoms with Gasteiger partial charge in [-0.15, -0.1) is 11.6 Å². The number of carbonyl (C=O) groups is 1. The van der Waals surface area contributed by atoms with E-state index in [4.69, 9.17) is 51.1 Å². The van der Waals surface area contributed by atoms with E-state index < -0.39 is 15.3 Å². The summed E-state index contributed by atoms with van der Waals surface area (Å²) >= 11 is 23.1. The molecule has 0 aliphatic rings. The maximum absolute atomic E-state index is 11.3. The topological polar surface area (TPSA) is 29.5 Å². The summed E-state index contributed by atoms with van der Waals surface area (Å²) in [5, 5.41) is -0.777. The van der Waals surface area contributed by atoms with E-state index in [0.717, 1.165) is 0 Å². The first kappa shape index (κ1) is 15.7. The average molecular weight is 331 g/mol. The number of carbonyl (C=O) groups excluding carboxylic acids is 1. The van der Waals surface area contributed by atoms with Crippen LogP contribution in [0.5, 0.6) is 5.75 Å². The largest absolute Gasteiger partial charge is 0.414 e. The zero-order valence-corrected chi connectivity index (χ0v) is 12.7. The third-order valence-electron chi connectivity index (χ3n) is 2.03. The molecule has 0 aromatic heterocycles. The van der Waals surface area contributed by atoms with Gasteiger partial charge < -0.3 is 9.64 Å². The highest BCUT2D eigenvalue weighted by atomic mass is 35.6. The Morgan fingerprint density at radius 1 is 1.22 bits per heavy atom. The van der Waals surface area contributed by atoms with Crippen LogP contribution in [-0.2, 0) is 0 Å². The molecule has 0 fully saturated rings. The summed E-state index contributed by atoms with van der Waals surface area (Å²) in [6, 6.07) is 6.45. The highest BCUT2D eigenvalue weighted by molar-refractivity contribution is 6.70. The molecule has 0 aliphatic heterocycles. The van der Waals surface area contributed by atoms with Gasteiger partial charge in [-0.1, -0.05) is 46.9 Å². The fourth-order valence-corrected chi connectivity index (χ4v) is 1.61. The number of rotatable bonds is 2. The van der Waals surface area contributed by atoms with E-state index in [2.05, 4.69) is 0 Å². The Balaban J connectivity index is 2.78. The van der Waals surface area contributed by atoms with Crippen LogP contribution < -0.4 is 4.74 Å². The molecule has 7 heteroatoms. The Labute approximate surface area is 126 Å². The second-order valence-electron chi connectivity index (χ2n) is 3.74. The monoisotopic (exact) mass is 329 g/mol. The lowest BCUT2D eigenvalue weighted by Crippen LogP contribution is -2.25. The molecule has 0 saturated heterocycles. The van der Waals surface area contributed by atoms with Gasteiger partial charge in [0, 0.05) is 14.1 Å². The van der Waals surface area contributed by atoms with Crippen LogP contribution >= 0.6 is 46.4 Å². The normalized spacial score (nSPS) is 13.0. The van der Waals surface area contributed by atoms with E-state index in [1.165, 1.54) is 4.90 Å². The Hall–Kier alpha value is -0.350. The molecule has 1 rings (SSSR count). The summed E-state index contributed by atoms with van der Waals surface area (Å²) in [4.78, 5) is 12.6. The molecule has 0 aliphatic carbocycles. The molecule has 18 heavy (non-hydrogen) atoms. The van der Waals surface area contributed by atoms with Crippen LogP contribution in [0.15, 0.2) is 24.3 Å². The summed E-state index contributed by atoms with van der Waals surface area (Å²) in [6.45, 7) is 0. The molecule has 1 amide bonds. The van der Waals surface area contributed by atoms with Gasteiger partial charge >= 0.3 is 6.09 Å². The summed E-state index contributed by atoms with van der Waals surface area (Å²) in [5.41, 5.74) is 0.626. The first-order chi connectivity index (χ1) is 8.21. The first-order valence-corrected chi connectivity index (χ1v) is 6.48. The molecule has 1 atom stereocenters. The van der Waals surface area contributed by atoms with E-state index in [1.807, 2.05) is 0 Å². The molecule has 100 valence electrons. The van der Waals surface area contributed by atoms with Gasteiger partial charge in [0.15, 0.2) is 0 Å². The van der Waals surface area contributed by atoms with E-state index in [9.17, 15) is 4.79 Å². The predicted molar refractivity (Wildman–Crippen MR) is 75.0 cm³/mol. The minimum absolute atomic E-state index is 0.394. The number of nitrogens with zero attached hydrogens (tertiary/aromatic N) is 1. The van der Waals surface area contributed by atoms with E-state index >= 15 is 0 Å². The van der Waals surface area contributed by atoms with Gasteiger partial charge in [0.25, 0.3) is 0 Å². The molecule has 0 radical (unpaired) electrons. The van der Waals surface area contributed by atoms with Crippen LogP contribution in [0.1, 0.15) is 10.9 Å². The molecule has 0 saturated carbocycles. The molecule has 1 aromatic carbocycles. The lowest BCUT2D eigenvalue weighted by atomic mass is 10.1. The maximum atomic E-state index is 11.3. The van der Waals surface area contributed by atoms with Crippen molar-refractivity contribution in [3.63, 3.8) is 0 Å². The standard InChI is InChI=1S/C11H11Cl4NO2/c1-16(2)10(17)18-8-5-3-7(4-6-8)9(12)11(13,14)15/h3-6,9H,1-2H3/t9-/m1/s1. The molecule has 1 aromatic rings. The van der Waals surface area contributed by atoms with Gasteiger partial charge in [0.05, 0.1) is 0 Å². The summed E-state index contributed by atoms with van der Waals surface area (Å²) < 4.78 is 3.45. The average Bonchev–Trinajstić information content (AvgIpc) is 2.27. The second-order valence-corrected chi connectivity index (χ2v) is 6.54. The minimum atomic E-state index is -1.59. The number of alkyl halides is 4. The summed E-state index contributed by atoms with van der Waals surface area (Å²) in [7, 11) is 3.18. The summed E-state index contributed by atoms with van der Waals surface area (Å²) in [5.74, 6) is 0.394. The fourth-order valence-electron chi connectivity index (χ4n) is 1.09. The first-order valence-electron chi connectivity index (χ1n) is 4.91. The van der Waals surface area contributed by atoms with Crippen molar-refractivity contribution >= 4 is 52.5 Å². The second kappa shape index (κ2) is 6.20. The molecule has 3 nitrogen and oxygen atoms in total. The SMILES string of the molecule is CN(C)C(=O)Oc1ccc([C@@H](Cl)C(Cl)(Cl)Cl)cc1. The maximum Gasteiger partial charge on any atom is 0.414 e. The molecule has 0 unspecified atom stereocenters. The Morgan fingerprint density at radius 2 is 1.72 bits per heavy atom. The van der Waals surface area contributed by atoms with Crippen molar-refractivity contribution in [3.8, 4) is 5.75 Å². The fraction of sp³-hybridized carbons (Fsp3) is 0.364. The van der Waals surface area contributed by atoms with Gasteiger partial charge in [0.1, 0.15) is 11.1 Å². The Bertz CT molecular complexity index is 414. The number of hydrogen-bond acceptors (Lipinski definition) is 2. The van der Waals surface area contributed by atoms with Crippen molar-refractivity contribution in [1.82, 2.24) is 4.90 Å². The van der Waals surface area contributed by atoms with Crippen LogP contribution in [0.2, 0.25) is 0 Å². The highest BCUT2D eigenvalue weighted by Gasteiger charge is 2.32. The van der Waals surface area contributed by atoms with Crippen molar-refractivity contribution in [2.45, 2.75) is 9.17 Å². The van der Waals surface area contributed by atoms with Crippen molar-refractivity contribution in [3.05, 3.63) is 29.8 Å². The number of amides is 1. The van der Waals surface area contributed by atoms with Crippen molar-refractivity contribution in [2.75, 3.05) is 14.1 Å². The van der Waals surface area contributed by atoms with E-state index in [-0.39, 0.29) is 0 Å². The number of benzene rings is 1. The molecular formula is C11H11Cl4NO2. The third-order valence-corrected chi connectivity index (χ3v) is 3.60.